The second kappa shape index (κ2) is 13.9. The fourth-order valence-corrected chi connectivity index (χ4v) is 5.87. The van der Waals surface area contributed by atoms with Gasteiger partial charge in [0.2, 0.25) is 0 Å². The van der Waals surface area contributed by atoms with Gasteiger partial charge in [-0.15, -0.1) is 11.3 Å². The molecule has 1 aliphatic rings. The molecule has 0 unspecified atom stereocenters. The van der Waals surface area contributed by atoms with E-state index in [-0.39, 0.29) is 36.8 Å². The summed E-state index contributed by atoms with van der Waals surface area (Å²) in [6, 6.07) is 11.1. The number of benzene rings is 1. The van der Waals surface area contributed by atoms with Gasteiger partial charge in [-0.2, -0.15) is 5.10 Å². The molecule has 10 heteroatoms. The molecule has 1 fully saturated rings. The van der Waals surface area contributed by atoms with Crippen molar-refractivity contribution in [2.75, 3.05) is 6.61 Å². The van der Waals surface area contributed by atoms with E-state index in [0.717, 1.165) is 31.2 Å². The molecule has 0 atom stereocenters. The quantitative estimate of drug-likeness (QED) is 0.192. The SMILES string of the molecule is CCOC(=O)C(C)(C)Oc1cccc(CCCn2nc(C3CCCC3)c(=O)n(CCCC(=O)c3cccs3)c2=O)c1. The monoisotopic (exact) mass is 581 g/mol. The highest BCUT2D eigenvalue weighted by Gasteiger charge is 2.31. The Kier molecular flexibility index (Phi) is 10.3. The molecule has 2 heterocycles. The van der Waals surface area contributed by atoms with E-state index in [9.17, 15) is 19.2 Å². The van der Waals surface area contributed by atoms with Crippen molar-refractivity contribution >= 4 is 23.1 Å². The average molecular weight is 582 g/mol. The lowest BCUT2D eigenvalue weighted by atomic mass is 10.0. The number of Topliss-reactive ketones (excluding diaryl/α,β-unsaturated/α-hetero) is 1. The summed E-state index contributed by atoms with van der Waals surface area (Å²) in [6.07, 6.45) is 5.85. The number of hydrogen-bond donors (Lipinski definition) is 0. The first kappa shape index (κ1) is 30.4. The summed E-state index contributed by atoms with van der Waals surface area (Å²) in [4.78, 5) is 52.0. The van der Waals surface area contributed by atoms with Crippen molar-refractivity contribution in [2.24, 2.45) is 0 Å². The van der Waals surface area contributed by atoms with Crippen LogP contribution in [0.4, 0.5) is 0 Å². The minimum atomic E-state index is -1.12. The minimum Gasteiger partial charge on any atom is -0.476 e. The van der Waals surface area contributed by atoms with E-state index in [1.807, 2.05) is 29.6 Å². The van der Waals surface area contributed by atoms with Crippen LogP contribution in [0, 0.1) is 0 Å². The predicted octanol–water partition coefficient (Wildman–Crippen LogP) is 5.14. The van der Waals surface area contributed by atoms with Gasteiger partial charge in [0.05, 0.1) is 11.5 Å². The number of carbonyl (C=O) groups is 2. The molecule has 9 nitrogen and oxygen atoms in total. The van der Waals surface area contributed by atoms with E-state index in [1.54, 1.807) is 32.9 Å². The summed E-state index contributed by atoms with van der Waals surface area (Å²) in [5.41, 5.74) is -0.427. The summed E-state index contributed by atoms with van der Waals surface area (Å²) < 4.78 is 13.7. The third kappa shape index (κ3) is 7.81. The van der Waals surface area contributed by atoms with Crippen molar-refractivity contribution in [3.8, 4) is 5.75 Å². The number of thiophene rings is 1. The maximum Gasteiger partial charge on any atom is 0.349 e. The Labute approximate surface area is 244 Å². The van der Waals surface area contributed by atoms with E-state index in [1.165, 1.54) is 20.6 Å². The van der Waals surface area contributed by atoms with Gasteiger partial charge >= 0.3 is 11.7 Å². The highest BCUT2D eigenvalue weighted by atomic mass is 32.1. The van der Waals surface area contributed by atoms with E-state index in [2.05, 4.69) is 5.10 Å². The molecule has 220 valence electrons. The largest absolute Gasteiger partial charge is 0.476 e. The molecular weight excluding hydrogens is 542 g/mol. The molecule has 1 saturated carbocycles. The van der Waals surface area contributed by atoms with Crippen LogP contribution in [0.15, 0.2) is 51.4 Å². The molecule has 0 N–H and O–H groups in total. The zero-order chi connectivity index (χ0) is 29.4. The maximum absolute atomic E-state index is 13.3. The Hall–Kier alpha value is -3.53. The number of nitrogens with zero attached hydrogens (tertiary/aromatic N) is 3. The highest BCUT2D eigenvalue weighted by Crippen LogP contribution is 2.31. The molecule has 41 heavy (non-hydrogen) atoms. The first-order chi connectivity index (χ1) is 19.7. The smallest absolute Gasteiger partial charge is 0.349 e. The zero-order valence-electron chi connectivity index (χ0n) is 24.1. The number of carbonyl (C=O) groups excluding carboxylic acids is 2. The van der Waals surface area contributed by atoms with Gasteiger partial charge in [0.15, 0.2) is 11.4 Å². The Morgan fingerprint density at radius 1 is 1.07 bits per heavy atom. The molecule has 4 rings (SSSR count). The second-order valence-electron chi connectivity index (χ2n) is 10.9. The van der Waals surface area contributed by atoms with Crippen LogP contribution in [0.1, 0.15) is 92.6 Å². The van der Waals surface area contributed by atoms with Gasteiger partial charge in [0.25, 0.3) is 5.56 Å². The van der Waals surface area contributed by atoms with Crippen molar-refractivity contribution in [1.82, 2.24) is 14.3 Å². The van der Waals surface area contributed by atoms with Crippen molar-refractivity contribution in [1.29, 1.82) is 0 Å². The molecule has 0 radical (unpaired) electrons. The van der Waals surface area contributed by atoms with Gasteiger partial charge in [0, 0.05) is 25.4 Å². The topological polar surface area (TPSA) is 109 Å². The van der Waals surface area contributed by atoms with Gasteiger partial charge in [-0.1, -0.05) is 31.0 Å². The number of hydrogen-bond acceptors (Lipinski definition) is 8. The van der Waals surface area contributed by atoms with Crippen LogP contribution in [0.25, 0.3) is 0 Å². The molecule has 0 aliphatic heterocycles. The fraction of sp³-hybridized carbons (Fsp3) is 0.516. The van der Waals surface area contributed by atoms with Gasteiger partial charge < -0.3 is 9.47 Å². The Morgan fingerprint density at radius 3 is 2.56 bits per heavy atom. The summed E-state index contributed by atoms with van der Waals surface area (Å²) in [6.45, 7) is 5.92. The van der Waals surface area contributed by atoms with Crippen molar-refractivity contribution < 1.29 is 19.1 Å². The second-order valence-corrected chi connectivity index (χ2v) is 11.9. The normalized spacial score (nSPS) is 13.8. The minimum absolute atomic E-state index is 0.0234. The van der Waals surface area contributed by atoms with E-state index in [4.69, 9.17) is 9.47 Å². The lowest BCUT2D eigenvalue weighted by Gasteiger charge is -2.24. The van der Waals surface area contributed by atoms with E-state index >= 15 is 0 Å². The molecule has 3 aromatic rings. The Morgan fingerprint density at radius 2 is 1.85 bits per heavy atom. The van der Waals surface area contributed by atoms with Gasteiger partial charge in [-0.3, -0.25) is 14.2 Å². The van der Waals surface area contributed by atoms with Crippen LogP contribution in [0.2, 0.25) is 0 Å². The Balaban J connectivity index is 1.45. The number of aryl methyl sites for hydroxylation is 2. The first-order valence-electron chi connectivity index (χ1n) is 14.4. The van der Waals surface area contributed by atoms with Gasteiger partial charge in [0.1, 0.15) is 11.4 Å². The predicted molar refractivity (Wildman–Crippen MR) is 158 cm³/mol. The van der Waals surface area contributed by atoms with Crippen LogP contribution in [0.3, 0.4) is 0 Å². The van der Waals surface area contributed by atoms with Crippen LogP contribution in [-0.2, 0) is 29.0 Å². The summed E-state index contributed by atoms with van der Waals surface area (Å²) in [5.74, 6) is 0.213. The lowest BCUT2D eigenvalue weighted by Crippen LogP contribution is -2.44. The lowest BCUT2D eigenvalue weighted by molar-refractivity contribution is -0.158. The molecule has 0 saturated heterocycles. The number of ether oxygens (including phenoxy) is 2. The zero-order valence-corrected chi connectivity index (χ0v) is 24.9. The van der Waals surface area contributed by atoms with Crippen LogP contribution in [-0.4, -0.2) is 38.3 Å². The molecule has 1 aliphatic carbocycles. The summed E-state index contributed by atoms with van der Waals surface area (Å²) in [7, 11) is 0. The average Bonchev–Trinajstić information content (AvgIpc) is 3.67. The third-order valence-corrected chi connectivity index (χ3v) is 8.25. The Bertz CT molecular complexity index is 1450. The molecule has 0 spiro atoms. The third-order valence-electron chi connectivity index (χ3n) is 7.34. The number of aromatic nitrogens is 3. The molecule has 1 aromatic carbocycles. The van der Waals surface area contributed by atoms with Crippen molar-refractivity contribution in [3.05, 3.63) is 78.8 Å². The van der Waals surface area contributed by atoms with E-state index in [0.29, 0.717) is 42.1 Å². The molecule has 0 bridgehead atoms. The molecular formula is C31H39N3O6S. The fourth-order valence-electron chi connectivity index (χ4n) is 5.18. The van der Waals surface area contributed by atoms with Crippen molar-refractivity contribution in [2.45, 2.75) is 96.7 Å². The van der Waals surface area contributed by atoms with Crippen LogP contribution >= 0.6 is 11.3 Å². The summed E-state index contributed by atoms with van der Waals surface area (Å²) in [5, 5.41) is 6.42. The van der Waals surface area contributed by atoms with Crippen LogP contribution < -0.4 is 16.0 Å². The molecule has 0 amide bonds. The number of rotatable bonds is 14. The maximum atomic E-state index is 13.3. The first-order valence-corrected chi connectivity index (χ1v) is 15.3. The standard InChI is InChI=1S/C31H39N3O6S/c1-4-39-29(37)31(2,3)40-24-15-7-11-22(21-24)12-8-19-34-30(38)33(18-9-16-25(35)26-17-10-20-41-26)28(36)27(32-34)23-13-5-6-14-23/h7,10-11,15,17,20-21,23H,4-6,8-9,12-14,16,18-19H2,1-3H3. The van der Waals surface area contributed by atoms with Crippen molar-refractivity contribution in [3.63, 3.8) is 0 Å². The number of ketones is 1. The highest BCUT2D eigenvalue weighted by molar-refractivity contribution is 7.12. The number of esters is 1. The summed E-state index contributed by atoms with van der Waals surface area (Å²) >= 11 is 1.40. The van der Waals surface area contributed by atoms with Gasteiger partial charge in [-0.05, 0) is 82.0 Å². The van der Waals surface area contributed by atoms with Crippen LogP contribution in [0.5, 0.6) is 5.75 Å². The van der Waals surface area contributed by atoms with Gasteiger partial charge in [-0.25, -0.2) is 14.3 Å². The van der Waals surface area contributed by atoms with E-state index < -0.39 is 17.3 Å². The molecule has 2 aromatic heterocycles.